The molecule has 2 aromatic carbocycles. The smallest absolute Gasteiger partial charge is 0.267 e. The predicted octanol–water partition coefficient (Wildman–Crippen LogP) is 5.49. The number of anilines is 1. The number of nitrogens with zero attached hydrogens (tertiary/aromatic N) is 1. The highest BCUT2D eigenvalue weighted by atomic mass is 32.1. The number of aromatic nitrogens is 1. The molecular formula is C23H24N2O2S. The summed E-state index contributed by atoms with van der Waals surface area (Å²) >= 11 is 1.45. The largest absolute Gasteiger partial charge is 0.481 e. The molecule has 1 aromatic heterocycles. The van der Waals surface area contributed by atoms with Gasteiger partial charge < -0.3 is 4.74 Å². The van der Waals surface area contributed by atoms with Gasteiger partial charge in [-0.05, 0) is 61.4 Å². The molecule has 0 aliphatic heterocycles. The number of fused-ring (bicyclic) bond motifs is 1. The maximum atomic E-state index is 12.6. The van der Waals surface area contributed by atoms with Crippen LogP contribution in [0.5, 0.6) is 5.75 Å². The molecule has 0 unspecified atom stereocenters. The lowest BCUT2D eigenvalue weighted by atomic mass is 9.90. The van der Waals surface area contributed by atoms with Crippen molar-refractivity contribution in [3.05, 3.63) is 65.0 Å². The first-order chi connectivity index (χ1) is 13.7. The standard InChI is InChI=1S/C23H24N2O2S/c1-2-21(27-19-10-4-3-5-11-19)22(26)25-23-24-20(15-28-23)18-13-12-16-8-6-7-9-17(16)14-18/h3-5,10-15,21H,2,6-9H2,1H3,(H,24,25,26)/t21-/m1/s1. The van der Waals surface area contributed by atoms with Crippen molar-refractivity contribution >= 4 is 22.4 Å². The van der Waals surface area contributed by atoms with Crippen molar-refractivity contribution in [2.45, 2.75) is 45.1 Å². The second kappa shape index (κ2) is 8.57. The second-order valence-corrected chi connectivity index (χ2v) is 7.90. The Morgan fingerprint density at radius 1 is 1.14 bits per heavy atom. The Labute approximate surface area is 169 Å². The number of ether oxygens (including phenoxy) is 1. The summed E-state index contributed by atoms with van der Waals surface area (Å²) in [5.41, 5.74) is 4.92. The monoisotopic (exact) mass is 392 g/mol. The van der Waals surface area contributed by atoms with E-state index in [4.69, 9.17) is 4.74 Å². The van der Waals surface area contributed by atoms with E-state index in [1.54, 1.807) is 0 Å². The molecule has 1 atom stereocenters. The number of carbonyl (C=O) groups excluding carboxylic acids is 1. The van der Waals surface area contributed by atoms with E-state index in [0.29, 0.717) is 17.3 Å². The highest BCUT2D eigenvalue weighted by Gasteiger charge is 2.20. The first-order valence-corrected chi connectivity index (χ1v) is 10.7. The number of aryl methyl sites for hydroxylation is 2. The number of hydrogen-bond acceptors (Lipinski definition) is 4. The minimum atomic E-state index is -0.543. The maximum Gasteiger partial charge on any atom is 0.267 e. The number of nitrogens with one attached hydrogen (secondary N) is 1. The quantitative estimate of drug-likeness (QED) is 0.604. The van der Waals surface area contributed by atoms with E-state index in [1.165, 1.54) is 41.7 Å². The van der Waals surface area contributed by atoms with Crippen LogP contribution < -0.4 is 10.1 Å². The van der Waals surface area contributed by atoms with E-state index in [0.717, 1.165) is 17.7 Å². The molecule has 1 heterocycles. The highest BCUT2D eigenvalue weighted by molar-refractivity contribution is 7.14. The van der Waals surface area contributed by atoms with Gasteiger partial charge in [0.15, 0.2) is 11.2 Å². The second-order valence-electron chi connectivity index (χ2n) is 7.05. The van der Waals surface area contributed by atoms with Crippen LogP contribution in [0.4, 0.5) is 5.13 Å². The van der Waals surface area contributed by atoms with Crippen LogP contribution in [0.15, 0.2) is 53.9 Å². The third kappa shape index (κ3) is 4.25. The lowest BCUT2D eigenvalue weighted by molar-refractivity contribution is -0.122. The average molecular weight is 393 g/mol. The summed E-state index contributed by atoms with van der Waals surface area (Å²) in [6.07, 6.45) is 4.90. The third-order valence-electron chi connectivity index (χ3n) is 5.06. The molecule has 5 heteroatoms. The summed E-state index contributed by atoms with van der Waals surface area (Å²) in [4.78, 5) is 17.2. The molecule has 1 aliphatic rings. The van der Waals surface area contributed by atoms with E-state index in [9.17, 15) is 4.79 Å². The summed E-state index contributed by atoms with van der Waals surface area (Å²) in [5, 5.41) is 5.51. The average Bonchev–Trinajstić information content (AvgIpc) is 3.20. The van der Waals surface area contributed by atoms with Gasteiger partial charge in [0, 0.05) is 10.9 Å². The maximum absolute atomic E-state index is 12.6. The molecule has 4 rings (SSSR count). The van der Waals surface area contributed by atoms with Crippen molar-refractivity contribution in [3.63, 3.8) is 0 Å². The first-order valence-electron chi connectivity index (χ1n) is 9.83. The lowest BCUT2D eigenvalue weighted by Gasteiger charge is -2.16. The fraction of sp³-hybridized carbons (Fsp3) is 0.304. The van der Waals surface area contributed by atoms with Crippen molar-refractivity contribution in [3.8, 4) is 17.0 Å². The number of para-hydroxylation sites is 1. The Morgan fingerprint density at radius 2 is 1.93 bits per heavy atom. The van der Waals surface area contributed by atoms with Crippen LogP contribution in [0.3, 0.4) is 0 Å². The Kier molecular flexibility index (Phi) is 5.72. The molecule has 0 saturated heterocycles. The zero-order valence-electron chi connectivity index (χ0n) is 16.0. The van der Waals surface area contributed by atoms with Crippen LogP contribution in [0.1, 0.15) is 37.3 Å². The minimum absolute atomic E-state index is 0.169. The molecule has 0 bridgehead atoms. The molecule has 4 nitrogen and oxygen atoms in total. The van der Waals surface area contributed by atoms with E-state index in [1.807, 2.05) is 42.6 Å². The van der Waals surface area contributed by atoms with Gasteiger partial charge >= 0.3 is 0 Å². The fourth-order valence-corrected chi connectivity index (χ4v) is 4.25. The molecule has 3 aromatic rings. The number of thiazole rings is 1. The molecule has 0 saturated carbocycles. The van der Waals surface area contributed by atoms with Gasteiger partial charge in [-0.1, -0.05) is 37.3 Å². The zero-order chi connectivity index (χ0) is 19.3. The molecule has 0 fully saturated rings. The number of hydrogen-bond donors (Lipinski definition) is 1. The van der Waals surface area contributed by atoms with Crippen LogP contribution in [0.2, 0.25) is 0 Å². The molecule has 1 N–H and O–H groups in total. The third-order valence-corrected chi connectivity index (χ3v) is 5.82. The van der Waals surface area contributed by atoms with E-state index in [2.05, 4.69) is 28.5 Å². The SMILES string of the molecule is CC[C@@H](Oc1ccccc1)C(=O)Nc1nc(-c2ccc3c(c2)CCCC3)cs1. The van der Waals surface area contributed by atoms with Gasteiger partial charge in [-0.2, -0.15) is 0 Å². The Balaban J connectivity index is 1.44. The Bertz CT molecular complexity index is 952. The van der Waals surface area contributed by atoms with E-state index in [-0.39, 0.29) is 5.91 Å². The number of carbonyl (C=O) groups is 1. The molecule has 0 radical (unpaired) electrons. The molecule has 1 aliphatic carbocycles. The molecule has 1 amide bonds. The number of rotatable bonds is 6. The molecular weight excluding hydrogens is 368 g/mol. The Morgan fingerprint density at radius 3 is 2.71 bits per heavy atom. The summed E-state index contributed by atoms with van der Waals surface area (Å²) in [5.74, 6) is 0.524. The normalized spacial score (nSPS) is 14.2. The summed E-state index contributed by atoms with van der Waals surface area (Å²) in [6, 6.07) is 16.0. The molecule has 28 heavy (non-hydrogen) atoms. The van der Waals surface area contributed by atoms with Gasteiger partial charge in [0.1, 0.15) is 5.75 Å². The van der Waals surface area contributed by atoms with E-state index >= 15 is 0 Å². The summed E-state index contributed by atoms with van der Waals surface area (Å²) in [7, 11) is 0. The summed E-state index contributed by atoms with van der Waals surface area (Å²) < 4.78 is 5.82. The predicted molar refractivity (Wildman–Crippen MR) is 114 cm³/mol. The fourth-order valence-electron chi connectivity index (χ4n) is 3.53. The van der Waals surface area contributed by atoms with Gasteiger partial charge in [-0.25, -0.2) is 4.98 Å². The van der Waals surface area contributed by atoms with Crippen LogP contribution >= 0.6 is 11.3 Å². The highest BCUT2D eigenvalue weighted by Crippen LogP contribution is 2.29. The van der Waals surface area contributed by atoms with Crippen LogP contribution in [0, 0.1) is 0 Å². The van der Waals surface area contributed by atoms with Crippen LogP contribution in [-0.4, -0.2) is 17.0 Å². The van der Waals surface area contributed by atoms with Gasteiger partial charge in [0.25, 0.3) is 5.91 Å². The van der Waals surface area contributed by atoms with Gasteiger partial charge in [-0.3, -0.25) is 10.1 Å². The first kappa shape index (κ1) is 18.7. The van der Waals surface area contributed by atoms with Crippen molar-refractivity contribution in [1.82, 2.24) is 4.98 Å². The van der Waals surface area contributed by atoms with Crippen molar-refractivity contribution in [1.29, 1.82) is 0 Å². The van der Waals surface area contributed by atoms with Gasteiger partial charge in [0.05, 0.1) is 5.69 Å². The lowest BCUT2D eigenvalue weighted by Crippen LogP contribution is -2.32. The number of amides is 1. The van der Waals surface area contributed by atoms with Crippen molar-refractivity contribution < 1.29 is 9.53 Å². The minimum Gasteiger partial charge on any atom is -0.481 e. The van der Waals surface area contributed by atoms with Crippen molar-refractivity contribution in [2.24, 2.45) is 0 Å². The molecule has 144 valence electrons. The van der Waals surface area contributed by atoms with Crippen molar-refractivity contribution in [2.75, 3.05) is 5.32 Å². The number of benzene rings is 2. The van der Waals surface area contributed by atoms with Crippen LogP contribution in [0.25, 0.3) is 11.3 Å². The van der Waals surface area contributed by atoms with Gasteiger partial charge in [-0.15, -0.1) is 11.3 Å². The topological polar surface area (TPSA) is 51.2 Å². The van der Waals surface area contributed by atoms with Gasteiger partial charge in [0.2, 0.25) is 0 Å². The Hall–Kier alpha value is -2.66. The van der Waals surface area contributed by atoms with E-state index < -0.39 is 6.10 Å². The molecule has 0 spiro atoms. The van der Waals surface area contributed by atoms with Crippen LogP contribution in [-0.2, 0) is 17.6 Å². The summed E-state index contributed by atoms with van der Waals surface area (Å²) in [6.45, 7) is 1.94. The zero-order valence-corrected chi connectivity index (χ0v) is 16.8.